The van der Waals surface area contributed by atoms with Crippen LogP contribution in [0.15, 0.2) is 12.4 Å². The van der Waals surface area contributed by atoms with Crippen LogP contribution in [0.2, 0.25) is 0 Å². The second-order valence-electron chi connectivity index (χ2n) is 5.41. The third-order valence-corrected chi connectivity index (χ3v) is 3.90. The molecule has 1 fully saturated rings. The molecule has 1 aliphatic heterocycles. The molecule has 1 aliphatic rings. The van der Waals surface area contributed by atoms with Crippen LogP contribution in [0.3, 0.4) is 0 Å². The van der Waals surface area contributed by atoms with Crippen molar-refractivity contribution < 1.29 is 4.74 Å². The lowest BCUT2D eigenvalue weighted by Gasteiger charge is -2.27. The molecule has 1 N–H and O–H groups in total. The SMILES string of the molecule is COCCNCC1CCCN1c1cc(C)nc2ncnn12. The lowest BCUT2D eigenvalue weighted by molar-refractivity contribution is 0.199. The molecular formula is C14H22N6O. The van der Waals surface area contributed by atoms with E-state index in [-0.39, 0.29) is 0 Å². The zero-order chi connectivity index (χ0) is 14.7. The largest absolute Gasteiger partial charge is 0.383 e. The smallest absolute Gasteiger partial charge is 0.254 e. The number of ether oxygens (including phenoxy) is 1. The summed E-state index contributed by atoms with van der Waals surface area (Å²) in [5.41, 5.74) is 0.975. The molecule has 1 unspecified atom stereocenters. The molecule has 0 bridgehead atoms. The van der Waals surface area contributed by atoms with Crippen LogP contribution >= 0.6 is 0 Å². The van der Waals surface area contributed by atoms with Gasteiger partial charge in [-0.3, -0.25) is 0 Å². The first-order chi connectivity index (χ1) is 10.3. The Labute approximate surface area is 124 Å². The van der Waals surface area contributed by atoms with E-state index in [1.54, 1.807) is 13.4 Å². The first kappa shape index (κ1) is 14.2. The van der Waals surface area contributed by atoms with Crippen LogP contribution in [0, 0.1) is 6.92 Å². The van der Waals surface area contributed by atoms with Gasteiger partial charge in [0.2, 0.25) is 0 Å². The lowest BCUT2D eigenvalue weighted by atomic mass is 10.2. The number of hydrogen-bond acceptors (Lipinski definition) is 6. The van der Waals surface area contributed by atoms with Crippen LogP contribution in [0.4, 0.5) is 5.82 Å². The van der Waals surface area contributed by atoms with Crippen molar-refractivity contribution in [3.05, 3.63) is 18.1 Å². The van der Waals surface area contributed by atoms with E-state index in [0.29, 0.717) is 11.8 Å². The number of aromatic nitrogens is 4. The minimum atomic E-state index is 0.482. The highest BCUT2D eigenvalue weighted by atomic mass is 16.5. The van der Waals surface area contributed by atoms with E-state index < -0.39 is 0 Å². The Morgan fingerprint density at radius 2 is 2.38 bits per heavy atom. The van der Waals surface area contributed by atoms with E-state index in [0.717, 1.165) is 37.8 Å². The van der Waals surface area contributed by atoms with Crippen molar-refractivity contribution >= 4 is 11.6 Å². The molecule has 0 spiro atoms. The molecule has 0 aliphatic carbocycles. The number of hydrogen-bond donors (Lipinski definition) is 1. The summed E-state index contributed by atoms with van der Waals surface area (Å²) in [5, 5.41) is 7.77. The zero-order valence-electron chi connectivity index (χ0n) is 12.6. The average molecular weight is 290 g/mol. The Bertz CT molecular complexity index is 598. The lowest BCUT2D eigenvalue weighted by Crippen LogP contribution is -2.40. The van der Waals surface area contributed by atoms with Gasteiger partial charge in [-0.05, 0) is 19.8 Å². The van der Waals surface area contributed by atoms with Crippen molar-refractivity contribution in [2.45, 2.75) is 25.8 Å². The number of anilines is 1. The van der Waals surface area contributed by atoms with Gasteiger partial charge < -0.3 is 15.0 Å². The predicted molar refractivity (Wildman–Crippen MR) is 80.6 cm³/mol. The molecule has 7 nitrogen and oxygen atoms in total. The van der Waals surface area contributed by atoms with Gasteiger partial charge in [-0.25, -0.2) is 4.98 Å². The Hall–Kier alpha value is -1.73. The third kappa shape index (κ3) is 2.98. The van der Waals surface area contributed by atoms with Crippen molar-refractivity contribution in [2.24, 2.45) is 0 Å². The molecule has 7 heteroatoms. The number of nitrogens with zero attached hydrogens (tertiary/aromatic N) is 5. The zero-order valence-corrected chi connectivity index (χ0v) is 12.6. The maximum atomic E-state index is 5.07. The predicted octanol–water partition coefficient (Wildman–Crippen LogP) is 0.638. The van der Waals surface area contributed by atoms with Gasteiger partial charge in [0, 0.05) is 44.5 Å². The highest BCUT2D eigenvalue weighted by Gasteiger charge is 2.26. The fourth-order valence-electron chi connectivity index (χ4n) is 2.91. The molecule has 0 saturated carbocycles. The van der Waals surface area contributed by atoms with E-state index in [1.807, 2.05) is 11.4 Å². The summed E-state index contributed by atoms with van der Waals surface area (Å²) < 4.78 is 6.91. The number of fused-ring (bicyclic) bond motifs is 1. The van der Waals surface area contributed by atoms with Gasteiger partial charge in [0.25, 0.3) is 5.78 Å². The number of rotatable bonds is 6. The quantitative estimate of drug-likeness (QED) is 0.787. The molecular weight excluding hydrogens is 268 g/mol. The summed E-state index contributed by atoms with van der Waals surface area (Å²) in [4.78, 5) is 11.0. The highest BCUT2D eigenvalue weighted by Crippen LogP contribution is 2.25. The number of methoxy groups -OCH3 is 1. The fraction of sp³-hybridized carbons (Fsp3) is 0.643. The summed E-state index contributed by atoms with van der Waals surface area (Å²) >= 11 is 0. The Kier molecular flexibility index (Phi) is 4.31. The summed E-state index contributed by atoms with van der Waals surface area (Å²) in [6.07, 6.45) is 3.96. The van der Waals surface area contributed by atoms with Crippen LogP contribution in [-0.2, 0) is 4.74 Å². The maximum absolute atomic E-state index is 5.07. The van der Waals surface area contributed by atoms with E-state index in [2.05, 4.69) is 31.3 Å². The minimum Gasteiger partial charge on any atom is -0.383 e. The molecule has 2 aromatic rings. The second-order valence-corrected chi connectivity index (χ2v) is 5.41. The van der Waals surface area contributed by atoms with E-state index in [1.165, 1.54) is 12.8 Å². The molecule has 114 valence electrons. The van der Waals surface area contributed by atoms with Gasteiger partial charge in [-0.15, -0.1) is 0 Å². The molecule has 3 heterocycles. The van der Waals surface area contributed by atoms with Crippen molar-refractivity contribution in [3.63, 3.8) is 0 Å². The van der Waals surface area contributed by atoms with Crippen LogP contribution in [-0.4, -0.2) is 59.0 Å². The normalized spacial score (nSPS) is 18.8. The fourth-order valence-corrected chi connectivity index (χ4v) is 2.91. The van der Waals surface area contributed by atoms with E-state index in [9.17, 15) is 0 Å². The molecule has 1 saturated heterocycles. The van der Waals surface area contributed by atoms with Crippen LogP contribution in [0.1, 0.15) is 18.5 Å². The molecule has 0 aromatic carbocycles. The van der Waals surface area contributed by atoms with Gasteiger partial charge in [-0.1, -0.05) is 0 Å². The first-order valence-electron chi connectivity index (χ1n) is 7.43. The Morgan fingerprint density at radius 1 is 1.48 bits per heavy atom. The topological polar surface area (TPSA) is 67.6 Å². The second kappa shape index (κ2) is 6.36. The van der Waals surface area contributed by atoms with E-state index in [4.69, 9.17) is 4.74 Å². The highest BCUT2D eigenvalue weighted by molar-refractivity contribution is 5.48. The van der Waals surface area contributed by atoms with Crippen molar-refractivity contribution in [1.82, 2.24) is 24.9 Å². The summed E-state index contributed by atoms with van der Waals surface area (Å²) in [5.74, 6) is 1.76. The van der Waals surface area contributed by atoms with Crippen molar-refractivity contribution in [3.8, 4) is 0 Å². The molecule has 21 heavy (non-hydrogen) atoms. The Morgan fingerprint density at radius 3 is 3.24 bits per heavy atom. The van der Waals surface area contributed by atoms with Gasteiger partial charge in [0.15, 0.2) is 0 Å². The van der Waals surface area contributed by atoms with Crippen LogP contribution in [0.25, 0.3) is 5.78 Å². The van der Waals surface area contributed by atoms with Gasteiger partial charge in [-0.2, -0.15) is 14.6 Å². The Balaban J connectivity index is 1.78. The third-order valence-electron chi connectivity index (χ3n) is 3.90. The average Bonchev–Trinajstić information content (AvgIpc) is 3.11. The molecule has 3 rings (SSSR count). The first-order valence-corrected chi connectivity index (χ1v) is 7.43. The molecule has 0 amide bonds. The van der Waals surface area contributed by atoms with Gasteiger partial charge in [0.1, 0.15) is 12.1 Å². The number of aryl methyl sites for hydroxylation is 1. The maximum Gasteiger partial charge on any atom is 0.254 e. The number of nitrogens with one attached hydrogen (secondary N) is 1. The van der Waals surface area contributed by atoms with Crippen LogP contribution < -0.4 is 10.2 Å². The molecule has 2 aromatic heterocycles. The van der Waals surface area contributed by atoms with Gasteiger partial charge >= 0.3 is 0 Å². The van der Waals surface area contributed by atoms with Crippen molar-refractivity contribution in [2.75, 3.05) is 38.3 Å². The van der Waals surface area contributed by atoms with E-state index >= 15 is 0 Å². The monoisotopic (exact) mass is 290 g/mol. The summed E-state index contributed by atoms with van der Waals surface area (Å²) in [6, 6.07) is 2.57. The molecule has 1 atom stereocenters. The summed E-state index contributed by atoms with van der Waals surface area (Å²) in [7, 11) is 1.73. The standard InChI is InChI=1S/C14H22N6O/c1-11-8-13(20-14(18-11)16-10-17-20)19-6-3-4-12(19)9-15-5-7-21-2/h8,10,12,15H,3-7,9H2,1-2H3. The van der Waals surface area contributed by atoms with Gasteiger partial charge in [0.05, 0.1) is 6.61 Å². The van der Waals surface area contributed by atoms with Crippen molar-refractivity contribution in [1.29, 1.82) is 0 Å². The summed E-state index contributed by atoms with van der Waals surface area (Å²) in [6.45, 7) is 5.64. The minimum absolute atomic E-state index is 0.482. The van der Waals surface area contributed by atoms with Crippen LogP contribution in [0.5, 0.6) is 0 Å². The molecule has 0 radical (unpaired) electrons.